The summed E-state index contributed by atoms with van der Waals surface area (Å²) in [4.78, 5) is 32.3. The van der Waals surface area contributed by atoms with Gasteiger partial charge in [-0.1, -0.05) is 48.0 Å². The van der Waals surface area contributed by atoms with Gasteiger partial charge >= 0.3 is 6.09 Å². The van der Waals surface area contributed by atoms with Crippen LogP contribution in [0.2, 0.25) is 5.02 Å². The van der Waals surface area contributed by atoms with E-state index >= 15 is 4.39 Å². The number of ether oxygens (including phenoxy) is 1. The first-order chi connectivity index (χ1) is 23.4. The third-order valence-corrected chi connectivity index (χ3v) is 10.8. The first-order valence-corrected chi connectivity index (χ1v) is 17.4. The van der Waals surface area contributed by atoms with E-state index in [-0.39, 0.29) is 34.6 Å². The molecule has 1 aromatic heterocycles. The van der Waals surface area contributed by atoms with Crippen molar-refractivity contribution < 1.29 is 31.5 Å². The lowest BCUT2D eigenvalue weighted by Crippen LogP contribution is -2.58. The van der Waals surface area contributed by atoms with Gasteiger partial charge in [-0.15, -0.1) is 0 Å². The molecule has 1 aliphatic rings. The van der Waals surface area contributed by atoms with Gasteiger partial charge in [0, 0.05) is 47.9 Å². The first kappa shape index (κ1) is 36.0. The largest absolute Gasteiger partial charge is 0.452 e. The number of nitrogens with one attached hydrogen (secondary N) is 1. The fraction of sp³-hybridized carbons (Fsp3) is 0.286. The van der Waals surface area contributed by atoms with Crippen molar-refractivity contribution in [1.82, 2.24) is 14.6 Å². The van der Waals surface area contributed by atoms with Crippen molar-refractivity contribution >= 4 is 39.3 Å². The van der Waals surface area contributed by atoms with E-state index < -0.39 is 57.7 Å². The van der Waals surface area contributed by atoms with Crippen LogP contribution in [0, 0.1) is 11.6 Å². The Kier molecular flexibility index (Phi) is 11.4. The highest BCUT2D eigenvalue weighted by Crippen LogP contribution is 2.34. The number of piperazine rings is 1. The lowest BCUT2D eigenvalue weighted by Gasteiger charge is -2.40. The normalized spacial score (nSPS) is 18.0. The van der Waals surface area contributed by atoms with Crippen molar-refractivity contribution in [2.45, 2.75) is 48.7 Å². The van der Waals surface area contributed by atoms with E-state index in [9.17, 15) is 22.4 Å². The van der Waals surface area contributed by atoms with Crippen LogP contribution in [-0.4, -0.2) is 68.0 Å². The van der Waals surface area contributed by atoms with Crippen molar-refractivity contribution in [3.8, 4) is 0 Å². The number of methoxy groups -OCH3 is 1. The zero-order chi connectivity index (χ0) is 35.3. The van der Waals surface area contributed by atoms with Crippen LogP contribution in [0.15, 0.2) is 96.2 Å². The van der Waals surface area contributed by atoms with Gasteiger partial charge in [0.15, 0.2) is 0 Å². The number of carbonyl (C=O) groups is 2. The van der Waals surface area contributed by atoms with Gasteiger partial charge in [-0.25, -0.2) is 26.9 Å². The van der Waals surface area contributed by atoms with E-state index in [1.54, 1.807) is 49.4 Å². The summed E-state index contributed by atoms with van der Waals surface area (Å²) in [7, 11) is -2.84. The quantitative estimate of drug-likeness (QED) is 0.228. The first-order valence-electron chi connectivity index (χ1n) is 15.5. The highest BCUT2D eigenvalue weighted by Gasteiger charge is 2.40. The lowest BCUT2D eigenvalue weighted by atomic mass is 9.85. The fourth-order valence-electron chi connectivity index (χ4n) is 6.29. The maximum Gasteiger partial charge on any atom is 0.420 e. The molecule has 49 heavy (non-hydrogen) atoms. The van der Waals surface area contributed by atoms with Crippen LogP contribution >= 0.6 is 11.6 Å². The average molecular weight is 712 g/mol. The Balaban J connectivity index is 1.51. The molecule has 1 fully saturated rings. The Morgan fingerprint density at radius 2 is 1.78 bits per heavy atom. The molecule has 5 rings (SSSR count). The highest BCUT2D eigenvalue weighted by atomic mass is 35.5. The number of sulfonamides is 1. The van der Waals surface area contributed by atoms with Crippen LogP contribution in [0.4, 0.5) is 19.3 Å². The molecule has 4 aromatic rings. The molecule has 0 aliphatic carbocycles. The van der Waals surface area contributed by atoms with Gasteiger partial charge in [-0.3, -0.25) is 9.78 Å². The predicted octanol–water partition coefficient (Wildman–Crippen LogP) is 5.26. The van der Waals surface area contributed by atoms with E-state index in [4.69, 9.17) is 22.1 Å². The second-order valence-corrected chi connectivity index (χ2v) is 14.0. The molecule has 3 aromatic carbocycles. The summed E-state index contributed by atoms with van der Waals surface area (Å²) in [5.74, 6) is -3.38. The van der Waals surface area contributed by atoms with Gasteiger partial charge < -0.3 is 15.8 Å². The SMILES string of the molecule is COC(=O)N(C(=O)[C@@H](N)[C@H](c1cncc(F)c1)c1cccc(Cl)c1)c1cccc(F)c1CC[C@H]1CNC[C@H](C)N1S(=O)(=O)c1ccccc1. The Morgan fingerprint density at radius 3 is 2.47 bits per heavy atom. The van der Waals surface area contributed by atoms with E-state index in [0.717, 1.165) is 13.3 Å². The van der Waals surface area contributed by atoms with Gasteiger partial charge in [-0.2, -0.15) is 4.31 Å². The van der Waals surface area contributed by atoms with E-state index in [1.807, 2.05) is 0 Å². The van der Waals surface area contributed by atoms with Gasteiger partial charge in [0.25, 0.3) is 5.91 Å². The number of nitrogens with two attached hydrogens (primary N) is 1. The number of anilines is 1. The molecular weight excluding hydrogens is 676 g/mol. The van der Waals surface area contributed by atoms with E-state index in [2.05, 4.69) is 10.3 Å². The lowest BCUT2D eigenvalue weighted by molar-refractivity contribution is -0.119. The predicted molar refractivity (Wildman–Crippen MR) is 182 cm³/mol. The molecule has 0 radical (unpaired) electrons. The second-order valence-electron chi connectivity index (χ2n) is 11.7. The number of halogens is 3. The van der Waals surface area contributed by atoms with Crippen molar-refractivity contribution in [2.75, 3.05) is 25.1 Å². The number of carbonyl (C=O) groups excluding carboxylic acids is 2. The van der Waals surface area contributed by atoms with Crippen LogP contribution in [0.25, 0.3) is 0 Å². The highest BCUT2D eigenvalue weighted by molar-refractivity contribution is 7.89. The van der Waals surface area contributed by atoms with Crippen molar-refractivity contribution in [2.24, 2.45) is 5.73 Å². The molecule has 2 heterocycles. The number of benzene rings is 3. The molecular formula is C35H36ClF2N5O5S. The molecule has 258 valence electrons. The van der Waals surface area contributed by atoms with Gasteiger partial charge in [0.05, 0.1) is 29.9 Å². The van der Waals surface area contributed by atoms with Crippen molar-refractivity contribution in [3.63, 3.8) is 0 Å². The molecule has 2 amide bonds. The smallest absolute Gasteiger partial charge is 0.420 e. The standard InChI is InChI=1S/C35H36ClF2N5O5S/c1-22-18-40-21-27(43(22)49(46,47)28-10-4-3-5-11-28)14-15-29-30(38)12-7-13-31(29)42(35(45)48-2)34(44)33(39)32(23-8-6-9-25(36)16-23)24-17-26(37)20-41-19-24/h3-13,16-17,19-20,22,27,32-33,40H,14-15,18,21,39H2,1-2H3/t22-,27-,32-,33-/m0/s1. The van der Waals surface area contributed by atoms with Crippen molar-refractivity contribution in [3.05, 3.63) is 125 Å². The molecule has 0 unspecified atom stereocenters. The summed E-state index contributed by atoms with van der Waals surface area (Å²) in [6.07, 6.45) is 1.32. The molecule has 0 saturated carbocycles. The third kappa shape index (κ3) is 7.81. The van der Waals surface area contributed by atoms with Gasteiger partial charge in [0.2, 0.25) is 10.0 Å². The number of amides is 2. The molecule has 0 bridgehead atoms. The minimum Gasteiger partial charge on any atom is -0.452 e. The van der Waals surface area contributed by atoms with Crippen LogP contribution in [0.5, 0.6) is 0 Å². The molecule has 4 atom stereocenters. The summed E-state index contributed by atoms with van der Waals surface area (Å²) in [6, 6.07) is 17.1. The molecule has 14 heteroatoms. The summed E-state index contributed by atoms with van der Waals surface area (Å²) in [5, 5.41) is 3.57. The number of hydrogen-bond acceptors (Lipinski definition) is 8. The molecule has 0 spiro atoms. The Bertz CT molecular complexity index is 1870. The van der Waals surface area contributed by atoms with Gasteiger partial charge in [-0.05, 0) is 73.4 Å². The van der Waals surface area contributed by atoms with Gasteiger partial charge in [0.1, 0.15) is 11.6 Å². The van der Waals surface area contributed by atoms with Crippen molar-refractivity contribution in [1.29, 1.82) is 0 Å². The number of nitrogens with zero attached hydrogens (tertiary/aromatic N) is 3. The molecule has 3 N–H and O–H groups in total. The number of pyridine rings is 1. The van der Waals surface area contributed by atoms with Crippen LogP contribution in [0.3, 0.4) is 0 Å². The summed E-state index contributed by atoms with van der Waals surface area (Å²) >= 11 is 6.26. The summed E-state index contributed by atoms with van der Waals surface area (Å²) in [6.45, 7) is 2.51. The van der Waals surface area contributed by atoms with Crippen LogP contribution in [0.1, 0.15) is 36.0 Å². The fourth-order valence-corrected chi connectivity index (χ4v) is 8.35. The summed E-state index contributed by atoms with van der Waals surface area (Å²) in [5.41, 5.74) is 7.15. The van der Waals surface area contributed by atoms with Crippen LogP contribution in [-0.2, 0) is 26.0 Å². The van der Waals surface area contributed by atoms with E-state index in [1.165, 1.54) is 46.9 Å². The van der Waals surface area contributed by atoms with Crippen LogP contribution < -0.4 is 16.0 Å². The zero-order valence-electron chi connectivity index (χ0n) is 26.8. The number of aromatic nitrogens is 1. The molecule has 1 saturated heterocycles. The number of imide groups is 1. The Labute approximate surface area is 288 Å². The maximum absolute atomic E-state index is 15.7. The number of rotatable bonds is 10. The Hall–Kier alpha value is -4.27. The molecule has 10 nitrogen and oxygen atoms in total. The average Bonchev–Trinajstić information content (AvgIpc) is 3.08. The maximum atomic E-state index is 15.7. The second kappa shape index (κ2) is 15.5. The minimum atomic E-state index is -3.91. The summed E-state index contributed by atoms with van der Waals surface area (Å²) < 4.78 is 64.0. The van der Waals surface area contributed by atoms with E-state index in [0.29, 0.717) is 28.6 Å². The number of hydrogen-bond donors (Lipinski definition) is 2. The third-order valence-electron chi connectivity index (χ3n) is 8.51. The molecule has 1 aliphatic heterocycles. The zero-order valence-corrected chi connectivity index (χ0v) is 28.4. The Morgan fingerprint density at radius 1 is 1.04 bits per heavy atom. The monoisotopic (exact) mass is 711 g/mol. The topological polar surface area (TPSA) is 135 Å². The minimum absolute atomic E-state index is 0.0181.